The Labute approximate surface area is 143 Å². The zero-order valence-electron chi connectivity index (χ0n) is 15.9. The number of hydrogen-bond acceptors (Lipinski definition) is 2. The van der Waals surface area contributed by atoms with E-state index in [1.54, 1.807) is 0 Å². The number of likely N-dealkylation sites (N-methyl/N-ethyl adjacent to an activating group) is 1. The Morgan fingerprint density at radius 3 is 2.30 bits per heavy atom. The van der Waals surface area contributed by atoms with Crippen LogP contribution in [0.1, 0.15) is 59.4 Å². The molecule has 1 aliphatic carbocycles. The van der Waals surface area contributed by atoms with Crippen molar-refractivity contribution >= 4 is 0 Å². The average molecular weight is 317 g/mol. The topological polar surface area (TPSA) is 15.3 Å². The first-order valence-electron chi connectivity index (χ1n) is 9.44. The molecule has 0 bridgehead atoms. The predicted octanol–water partition coefficient (Wildman–Crippen LogP) is 4.66. The molecule has 1 aromatic rings. The van der Waals surface area contributed by atoms with Crippen molar-refractivity contribution < 1.29 is 0 Å². The molecule has 1 aliphatic rings. The summed E-state index contributed by atoms with van der Waals surface area (Å²) in [7, 11) is 0. The third kappa shape index (κ3) is 4.81. The summed E-state index contributed by atoms with van der Waals surface area (Å²) in [5.74, 6) is 0.764. The van der Waals surface area contributed by atoms with Gasteiger partial charge in [-0.1, -0.05) is 65.0 Å². The van der Waals surface area contributed by atoms with Crippen molar-refractivity contribution in [3.05, 3.63) is 35.9 Å². The third-order valence-electron chi connectivity index (χ3n) is 5.49. The van der Waals surface area contributed by atoms with Crippen LogP contribution in [-0.2, 0) is 5.54 Å². The molecule has 2 rings (SSSR count). The Morgan fingerprint density at radius 2 is 1.74 bits per heavy atom. The molecule has 1 N–H and O–H groups in total. The molecule has 0 spiro atoms. The second-order valence-electron chi connectivity index (χ2n) is 8.26. The largest absolute Gasteiger partial charge is 0.306 e. The second kappa shape index (κ2) is 7.81. The zero-order valence-corrected chi connectivity index (χ0v) is 15.9. The molecule has 0 radical (unpaired) electrons. The molecule has 130 valence electrons. The lowest BCUT2D eigenvalue weighted by Crippen LogP contribution is -2.52. The van der Waals surface area contributed by atoms with Gasteiger partial charge in [0.2, 0.25) is 0 Å². The van der Waals surface area contributed by atoms with Crippen LogP contribution < -0.4 is 5.32 Å². The summed E-state index contributed by atoms with van der Waals surface area (Å²) in [5, 5.41) is 3.99. The molecule has 0 amide bonds. The molecule has 1 fully saturated rings. The van der Waals surface area contributed by atoms with Gasteiger partial charge in [-0.15, -0.1) is 0 Å². The van der Waals surface area contributed by atoms with Crippen molar-refractivity contribution in [3.8, 4) is 0 Å². The van der Waals surface area contributed by atoms with Crippen LogP contribution in [0.15, 0.2) is 30.3 Å². The van der Waals surface area contributed by atoms with E-state index < -0.39 is 0 Å². The molecule has 2 unspecified atom stereocenters. The van der Waals surface area contributed by atoms with Crippen molar-refractivity contribution in [3.63, 3.8) is 0 Å². The summed E-state index contributed by atoms with van der Waals surface area (Å²) in [6.07, 6.45) is 3.81. The molecule has 1 aromatic carbocycles. The van der Waals surface area contributed by atoms with Gasteiger partial charge in [-0.3, -0.25) is 0 Å². The fourth-order valence-corrected chi connectivity index (χ4v) is 4.78. The van der Waals surface area contributed by atoms with Crippen molar-refractivity contribution in [2.75, 3.05) is 26.2 Å². The van der Waals surface area contributed by atoms with Gasteiger partial charge in [0.25, 0.3) is 0 Å². The van der Waals surface area contributed by atoms with Gasteiger partial charge in [0, 0.05) is 18.6 Å². The molecular weight excluding hydrogens is 280 g/mol. The van der Waals surface area contributed by atoms with Crippen LogP contribution >= 0.6 is 0 Å². The summed E-state index contributed by atoms with van der Waals surface area (Å²) in [5.41, 5.74) is 2.00. The van der Waals surface area contributed by atoms with Gasteiger partial charge in [-0.25, -0.2) is 0 Å². The minimum absolute atomic E-state index is 0.135. The molecule has 2 heteroatoms. The first-order chi connectivity index (χ1) is 10.9. The highest BCUT2D eigenvalue weighted by atomic mass is 15.1. The van der Waals surface area contributed by atoms with Gasteiger partial charge in [0.15, 0.2) is 0 Å². The highest BCUT2D eigenvalue weighted by molar-refractivity contribution is 5.26. The van der Waals surface area contributed by atoms with Gasteiger partial charge in [0.05, 0.1) is 0 Å². The van der Waals surface area contributed by atoms with Crippen molar-refractivity contribution in [1.82, 2.24) is 10.2 Å². The minimum Gasteiger partial charge on any atom is -0.306 e. The lowest BCUT2D eigenvalue weighted by molar-refractivity contribution is 0.0772. The molecule has 0 heterocycles. The monoisotopic (exact) mass is 316 g/mol. The summed E-state index contributed by atoms with van der Waals surface area (Å²) in [6.45, 7) is 16.3. The van der Waals surface area contributed by atoms with Gasteiger partial charge in [-0.2, -0.15) is 0 Å². The molecular formula is C21H36N2. The average Bonchev–Trinajstić information content (AvgIpc) is 2.50. The Morgan fingerprint density at radius 1 is 1.09 bits per heavy atom. The van der Waals surface area contributed by atoms with Crippen LogP contribution in [0, 0.1) is 11.3 Å². The first kappa shape index (κ1) is 18.5. The Bertz CT molecular complexity index is 464. The normalized spacial score (nSPS) is 27.3. The van der Waals surface area contributed by atoms with Crippen LogP contribution in [0.25, 0.3) is 0 Å². The summed E-state index contributed by atoms with van der Waals surface area (Å²) in [4.78, 5) is 2.50. The molecule has 0 aliphatic heterocycles. The molecule has 2 nitrogen and oxygen atoms in total. The fraction of sp³-hybridized carbons (Fsp3) is 0.714. The van der Waals surface area contributed by atoms with E-state index >= 15 is 0 Å². The van der Waals surface area contributed by atoms with Gasteiger partial charge in [-0.05, 0) is 49.2 Å². The highest BCUT2D eigenvalue weighted by Gasteiger charge is 2.43. The van der Waals surface area contributed by atoms with Crippen LogP contribution in [-0.4, -0.2) is 31.1 Å². The summed E-state index contributed by atoms with van der Waals surface area (Å²) < 4.78 is 0. The van der Waals surface area contributed by atoms with Gasteiger partial charge in [0.1, 0.15) is 0 Å². The fourth-order valence-electron chi connectivity index (χ4n) is 4.78. The van der Waals surface area contributed by atoms with E-state index in [2.05, 4.69) is 75.2 Å². The summed E-state index contributed by atoms with van der Waals surface area (Å²) >= 11 is 0. The standard InChI is InChI=1S/C21H36N2/c1-6-23(7-2)14-13-22-21(19-11-9-8-10-12-19)16-18(3)15-20(4,5)17-21/h8-12,18,22H,6-7,13-17H2,1-5H3. The Hall–Kier alpha value is -0.860. The number of rotatable bonds is 7. The van der Waals surface area contributed by atoms with E-state index in [0.29, 0.717) is 5.41 Å². The molecule has 0 aromatic heterocycles. The van der Waals surface area contributed by atoms with Crippen LogP contribution in [0.2, 0.25) is 0 Å². The number of benzene rings is 1. The van der Waals surface area contributed by atoms with Gasteiger partial charge < -0.3 is 10.2 Å². The smallest absolute Gasteiger partial charge is 0.0442 e. The Balaban J connectivity index is 2.19. The highest BCUT2D eigenvalue weighted by Crippen LogP contribution is 2.48. The minimum atomic E-state index is 0.135. The van der Waals surface area contributed by atoms with E-state index in [1.807, 2.05) is 0 Å². The lowest BCUT2D eigenvalue weighted by Gasteiger charge is -2.49. The van der Waals surface area contributed by atoms with Crippen molar-refractivity contribution in [1.29, 1.82) is 0 Å². The van der Waals surface area contributed by atoms with Crippen LogP contribution in [0.3, 0.4) is 0 Å². The number of nitrogens with zero attached hydrogens (tertiary/aromatic N) is 1. The van der Waals surface area contributed by atoms with E-state index in [0.717, 1.165) is 32.1 Å². The molecule has 2 atom stereocenters. The van der Waals surface area contributed by atoms with E-state index in [4.69, 9.17) is 0 Å². The first-order valence-corrected chi connectivity index (χ1v) is 9.44. The zero-order chi connectivity index (χ0) is 16.9. The predicted molar refractivity (Wildman–Crippen MR) is 101 cm³/mol. The van der Waals surface area contributed by atoms with E-state index in [9.17, 15) is 0 Å². The molecule has 0 saturated heterocycles. The lowest BCUT2D eigenvalue weighted by atomic mass is 9.62. The second-order valence-corrected chi connectivity index (χ2v) is 8.26. The SMILES string of the molecule is CCN(CC)CCNC1(c2ccccc2)CC(C)CC(C)(C)C1. The van der Waals surface area contributed by atoms with Crippen LogP contribution in [0.5, 0.6) is 0 Å². The number of hydrogen-bond donors (Lipinski definition) is 1. The Kier molecular flexibility index (Phi) is 6.27. The maximum atomic E-state index is 3.99. The third-order valence-corrected chi connectivity index (χ3v) is 5.49. The summed E-state index contributed by atoms with van der Waals surface area (Å²) in [6, 6.07) is 11.1. The van der Waals surface area contributed by atoms with Crippen LogP contribution in [0.4, 0.5) is 0 Å². The maximum absolute atomic E-state index is 3.99. The molecule has 1 saturated carbocycles. The van der Waals surface area contributed by atoms with Crippen molar-refractivity contribution in [2.24, 2.45) is 11.3 Å². The van der Waals surface area contributed by atoms with Crippen molar-refractivity contribution in [2.45, 2.75) is 59.4 Å². The maximum Gasteiger partial charge on any atom is 0.0442 e. The van der Waals surface area contributed by atoms with E-state index in [1.165, 1.54) is 24.8 Å². The van der Waals surface area contributed by atoms with Gasteiger partial charge >= 0.3 is 0 Å². The number of nitrogens with one attached hydrogen (secondary N) is 1. The quantitative estimate of drug-likeness (QED) is 0.787. The molecule has 23 heavy (non-hydrogen) atoms. The van der Waals surface area contributed by atoms with E-state index in [-0.39, 0.29) is 5.54 Å².